The third kappa shape index (κ3) is 4.44. The van der Waals surface area contributed by atoms with Crippen molar-refractivity contribution in [2.75, 3.05) is 4.90 Å². The lowest BCUT2D eigenvalue weighted by atomic mass is 9.86. The van der Waals surface area contributed by atoms with Gasteiger partial charge in [-0.25, -0.2) is 13.6 Å². The topological polar surface area (TPSA) is 114 Å². The Kier molecular flexibility index (Phi) is 6.09. The number of alkyl halides is 3. The molecule has 11 heteroatoms. The number of sulfonamides is 1. The number of hydrogen-bond donors (Lipinski definition) is 2. The smallest absolute Gasteiger partial charge is 0.372 e. The van der Waals surface area contributed by atoms with Gasteiger partial charge in [0.1, 0.15) is 0 Å². The molecule has 7 nitrogen and oxygen atoms in total. The van der Waals surface area contributed by atoms with Crippen molar-refractivity contribution < 1.29 is 31.5 Å². The number of amides is 1. The molecule has 0 saturated carbocycles. The zero-order valence-corrected chi connectivity index (χ0v) is 20.4. The highest BCUT2D eigenvalue weighted by atomic mass is 32.2. The van der Waals surface area contributed by atoms with Crippen LogP contribution in [-0.4, -0.2) is 24.4 Å². The van der Waals surface area contributed by atoms with E-state index in [0.717, 1.165) is 53.6 Å². The number of aromatic nitrogens is 1. The van der Waals surface area contributed by atoms with E-state index in [1.165, 1.54) is 4.90 Å². The predicted molar refractivity (Wildman–Crippen MR) is 133 cm³/mol. The van der Waals surface area contributed by atoms with E-state index >= 15 is 0 Å². The maximum atomic E-state index is 13.7. The molecule has 0 spiro atoms. The quantitative estimate of drug-likeness (QED) is 0.395. The first kappa shape index (κ1) is 25.6. The lowest BCUT2D eigenvalue weighted by molar-refractivity contribution is -0.138. The van der Waals surface area contributed by atoms with Crippen LogP contribution in [0.2, 0.25) is 0 Å². The van der Waals surface area contributed by atoms with Crippen molar-refractivity contribution in [3.63, 3.8) is 0 Å². The van der Waals surface area contributed by atoms with Gasteiger partial charge < -0.3 is 10.0 Å². The molecule has 1 aromatic heterocycles. The van der Waals surface area contributed by atoms with Crippen LogP contribution in [0.15, 0.2) is 96.2 Å². The Morgan fingerprint density at radius 3 is 2.08 bits per heavy atom. The normalized spacial score (nSPS) is 17.5. The molecule has 0 saturated heterocycles. The summed E-state index contributed by atoms with van der Waals surface area (Å²) in [5.41, 5.74) is -1.23. The Balaban J connectivity index is 1.56. The first-order valence-corrected chi connectivity index (χ1v) is 12.8. The van der Waals surface area contributed by atoms with Crippen molar-refractivity contribution in [2.24, 2.45) is 5.14 Å². The van der Waals surface area contributed by atoms with E-state index in [4.69, 9.17) is 5.14 Å². The molecule has 3 N–H and O–H groups in total. The summed E-state index contributed by atoms with van der Waals surface area (Å²) in [5, 5.41) is 16.8. The highest BCUT2D eigenvalue weighted by Gasteiger charge is 2.52. The Morgan fingerprint density at radius 2 is 1.50 bits per heavy atom. The summed E-state index contributed by atoms with van der Waals surface area (Å²) in [4.78, 5) is 18.6. The minimum atomic E-state index is -4.72. The van der Waals surface area contributed by atoms with Crippen molar-refractivity contribution in [3.05, 3.63) is 114 Å². The second-order valence-corrected chi connectivity index (χ2v) is 10.4. The number of nitrogens with zero attached hydrogens (tertiary/aromatic N) is 2. The fourth-order valence-corrected chi connectivity index (χ4v) is 5.02. The second-order valence-electron chi connectivity index (χ2n) is 8.83. The molecule has 1 atom stereocenters. The van der Waals surface area contributed by atoms with Crippen LogP contribution in [0.25, 0.3) is 11.1 Å². The molecular formula is C27H20F3N3O4S. The summed E-state index contributed by atoms with van der Waals surface area (Å²) < 4.78 is 63.9. The Labute approximate surface area is 216 Å². The number of halogens is 3. The molecule has 1 unspecified atom stereocenters. The van der Waals surface area contributed by atoms with Gasteiger partial charge >= 0.3 is 6.18 Å². The fourth-order valence-electron chi connectivity index (χ4n) is 4.51. The van der Waals surface area contributed by atoms with E-state index in [-0.39, 0.29) is 28.3 Å². The summed E-state index contributed by atoms with van der Waals surface area (Å²) >= 11 is 0. The van der Waals surface area contributed by atoms with Crippen LogP contribution in [0.5, 0.6) is 0 Å². The number of rotatable bonds is 5. The van der Waals surface area contributed by atoms with Crippen LogP contribution in [0.3, 0.4) is 0 Å². The number of carbonyl (C=O) groups is 1. The SMILES string of the molecule is NS(=O)(=O)c1ccc(C2(O)C(=O)N(Cc3ccc(-c4ccncc4)cc3)c3ccc(C(F)(F)F)cc32)cc1. The van der Waals surface area contributed by atoms with E-state index in [0.29, 0.717) is 5.56 Å². The van der Waals surface area contributed by atoms with Gasteiger partial charge in [-0.1, -0.05) is 36.4 Å². The second kappa shape index (κ2) is 9.05. The third-order valence-corrected chi connectivity index (χ3v) is 7.40. The van der Waals surface area contributed by atoms with Gasteiger partial charge in [0.15, 0.2) is 5.60 Å². The summed E-state index contributed by atoms with van der Waals surface area (Å²) in [6.45, 7) is -0.0224. The molecule has 5 rings (SSSR count). The molecule has 0 bridgehead atoms. The van der Waals surface area contributed by atoms with E-state index in [1.54, 1.807) is 24.5 Å². The molecule has 1 aliphatic heterocycles. The number of aliphatic hydroxyl groups is 1. The van der Waals surface area contributed by atoms with Crippen LogP contribution in [0.1, 0.15) is 22.3 Å². The van der Waals surface area contributed by atoms with Gasteiger partial charge in [0, 0.05) is 18.0 Å². The molecular weight excluding hydrogens is 519 g/mol. The van der Waals surface area contributed by atoms with E-state index < -0.39 is 33.3 Å². The molecule has 0 radical (unpaired) electrons. The lowest BCUT2D eigenvalue weighted by Crippen LogP contribution is -2.41. The molecule has 1 amide bonds. The van der Waals surface area contributed by atoms with Gasteiger partial charge in [0.25, 0.3) is 5.91 Å². The van der Waals surface area contributed by atoms with Gasteiger partial charge in [0.05, 0.1) is 22.7 Å². The summed E-state index contributed by atoms with van der Waals surface area (Å²) in [5.74, 6) is -0.867. The van der Waals surface area contributed by atoms with Gasteiger partial charge in [-0.3, -0.25) is 9.78 Å². The zero-order valence-electron chi connectivity index (χ0n) is 19.6. The first-order chi connectivity index (χ1) is 17.9. The zero-order chi connectivity index (χ0) is 27.3. The van der Waals surface area contributed by atoms with Gasteiger partial charge in [0.2, 0.25) is 10.0 Å². The first-order valence-electron chi connectivity index (χ1n) is 11.3. The molecule has 0 aliphatic carbocycles. The highest BCUT2D eigenvalue weighted by Crippen LogP contribution is 2.47. The largest absolute Gasteiger partial charge is 0.416 e. The number of hydrogen-bond acceptors (Lipinski definition) is 5. The van der Waals surface area contributed by atoms with Crippen molar-refractivity contribution in [1.82, 2.24) is 4.98 Å². The van der Waals surface area contributed by atoms with Crippen molar-refractivity contribution in [3.8, 4) is 11.1 Å². The number of nitrogens with two attached hydrogens (primary N) is 1. The fraction of sp³-hybridized carbons (Fsp3) is 0.111. The average molecular weight is 540 g/mol. The molecule has 0 fully saturated rings. The molecule has 194 valence electrons. The van der Waals surface area contributed by atoms with Gasteiger partial charge in [-0.05, 0) is 64.7 Å². The minimum Gasteiger partial charge on any atom is -0.372 e. The average Bonchev–Trinajstić information content (AvgIpc) is 3.11. The van der Waals surface area contributed by atoms with E-state index in [1.807, 2.05) is 24.3 Å². The molecule has 3 aromatic carbocycles. The molecule has 4 aromatic rings. The van der Waals surface area contributed by atoms with Gasteiger partial charge in [-0.2, -0.15) is 13.2 Å². The Hall–Kier alpha value is -4.06. The maximum absolute atomic E-state index is 13.7. The maximum Gasteiger partial charge on any atom is 0.416 e. The standard InChI is InChI=1S/C27H20F3N3O4S/c28-27(29,30)21-7-10-24-23(15-21)26(35,20-5-8-22(9-6-20)38(31,36)37)25(34)33(24)16-17-1-3-18(4-2-17)19-11-13-32-14-12-19/h1-15,35H,16H2,(H2,31,36,37). The predicted octanol–water partition coefficient (Wildman–Crippen LogP) is 4.20. The summed E-state index contributed by atoms with van der Waals surface area (Å²) in [6, 6.07) is 18.2. The number of anilines is 1. The van der Waals surface area contributed by atoms with Crippen LogP contribution in [-0.2, 0) is 33.1 Å². The van der Waals surface area contributed by atoms with Crippen LogP contribution >= 0.6 is 0 Å². The van der Waals surface area contributed by atoms with E-state index in [2.05, 4.69) is 4.98 Å². The summed E-state index contributed by atoms with van der Waals surface area (Å²) in [7, 11) is -4.07. The highest BCUT2D eigenvalue weighted by molar-refractivity contribution is 7.89. The van der Waals surface area contributed by atoms with Crippen LogP contribution in [0, 0.1) is 0 Å². The van der Waals surface area contributed by atoms with Crippen molar-refractivity contribution in [1.29, 1.82) is 0 Å². The Bertz CT molecular complexity index is 1630. The number of fused-ring (bicyclic) bond motifs is 1. The number of pyridine rings is 1. The van der Waals surface area contributed by atoms with Crippen molar-refractivity contribution in [2.45, 2.75) is 23.2 Å². The Morgan fingerprint density at radius 1 is 0.895 bits per heavy atom. The number of carbonyl (C=O) groups excluding carboxylic acids is 1. The van der Waals surface area contributed by atoms with Crippen LogP contribution < -0.4 is 10.0 Å². The number of benzene rings is 3. The number of primary sulfonamides is 1. The van der Waals surface area contributed by atoms with E-state index in [9.17, 15) is 31.5 Å². The monoisotopic (exact) mass is 539 g/mol. The van der Waals surface area contributed by atoms with Gasteiger partial charge in [-0.15, -0.1) is 0 Å². The minimum absolute atomic E-state index is 0.0224. The molecule has 1 aliphatic rings. The lowest BCUT2D eigenvalue weighted by Gasteiger charge is -2.24. The van der Waals surface area contributed by atoms with Crippen molar-refractivity contribution >= 4 is 21.6 Å². The molecule has 2 heterocycles. The summed E-state index contributed by atoms with van der Waals surface area (Å²) in [6.07, 6.45) is -1.39. The third-order valence-electron chi connectivity index (χ3n) is 6.47. The molecule has 38 heavy (non-hydrogen) atoms. The van der Waals surface area contributed by atoms with Crippen LogP contribution in [0.4, 0.5) is 18.9 Å².